The summed E-state index contributed by atoms with van der Waals surface area (Å²) in [5.74, 6) is 0.843. The van der Waals surface area contributed by atoms with Crippen molar-refractivity contribution in [2.24, 2.45) is 0 Å². The molecule has 0 aliphatic heterocycles. The molecule has 1 aromatic carbocycles. The number of rotatable bonds is 8. The molecule has 0 bridgehead atoms. The zero-order valence-electron chi connectivity index (χ0n) is 12.0. The van der Waals surface area contributed by atoms with Crippen molar-refractivity contribution in [3.8, 4) is 5.75 Å². The number of benzene rings is 1. The number of anilines is 1. The summed E-state index contributed by atoms with van der Waals surface area (Å²) in [6.07, 6.45) is 3.11. The first kappa shape index (κ1) is 15.4. The molecule has 0 radical (unpaired) electrons. The third kappa shape index (κ3) is 5.51. The van der Waals surface area contributed by atoms with E-state index in [4.69, 9.17) is 4.74 Å². The predicted molar refractivity (Wildman–Crippen MR) is 83.7 cm³/mol. The van der Waals surface area contributed by atoms with Crippen molar-refractivity contribution in [1.82, 2.24) is 10.2 Å². The van der Waals surface area contributed by atoms with Crippen molar-refractivity contribution in [3.05, 3.63) is 35.3 Å². The Hall–Kier alpha value is -1.95. The molecule has 21 heavy (non-hydrogen) atoms. The van der Waals surface area contributed by atoms with Crippen molar-refractivity contribution in [1.29, 1.82) is 0 Å². The predicted octanol–water partition coefficient (Wildman–Crippen LogP) is 3.29. The summed E-state index contributed by atoms with van der Waals surface area (Å²) in [6, 6.07) is 9.65. The number of nitrogens with zero attached hydrogens (tertiary/aromatic N) is 2. The van der Waals surface area contributed by atoms with Crippen LogP contribution in [0, 0.1) is 0 Å². The largest absolute Gasteiger partial charge is 0.493 e. The zero-order chi connectivity index (χ0) is 14.9. The molecule has 5 nitrogen and oxygen atoms in total. The van der Waals surface area contributed by atoms with Crippen molar-refractivity contribution < 1.29 is 9.53 Å². The molecule has 2 rings (SSSR count). The zero-order valence-corrected chi connectivity index (χ0v) is 12.9. The van der Waals surface area contributed by atoms with Gasteiger partial charge in [0, 0.05) is 12.8 Å². The minimum absolute atomic E-state index is 0.0000792. The first-order valence-electron chi connectivity index (χ1n) is 7.08. The van der Waals surface area contributed by atoms with Gasteiger partial charge in [0.25, 0.3) is 0 Å². The summed E-state index contributed by atoms with van der Waals surface area (Å²) in [6.45, 7) is 2.60. The molecule has 0 aliphatic rings. The smallest absolute Gasteiger partial charge is 0.226 e. The number of unbranched alkanes of at least 4 members (excludes halogenated alkanes) is 1. The normalized spacial score (nSPS) is 10.3. The number of aromatic nitrogens is 2. The van der Waals surface area contributed by atoms with Crippen LogP contribution in [-0.4, -0.2) is 22.7 Å². The minimum atomic E-state index is 0.0000792. The second-order valence-corrected chi connectivity index (χ2v) is 5.63. The molecule has 1 aromatic heterocycles. The number of para-hydroxylation sites is 1. The maximum absolute atomic E-state index is 11.6. The monoisotopic (exact) mass is 305 g/mol. The first-order chi connectivity index (χ1) is 10.3. The van der Waals surface area contributed by atoms with Crippen LogP contribution in [-0.2, 0) is 11.2 Å². The van der Waals surface area contributed by atoms with E-state index in [1.54, 1.807) is 0 Å². The number of amides is 1. The Morgan fingerprint density at radius 1 is 1.29 bits per heavy atom. The van der Waals surface area contributed by atoms with E-state index in [1.165, 1.54) is 11.3 Å². The Balaban J connectivity index is 1.74. The highest BCUT2D eigenvalue weighted by atomic mass is 32.1. The van der Waals surface area contributed by atoms with Gasteiger partial charge in [0.05, 0.1) is 6.61 Å². The Labute approximate surface area is 128 Å². The van der Waals surface area contributed by atoms with E-state index in [-0.39, 0.29) is 5.91 Å². The van der Waals surface area contributed by atoms with Crippen molar-refractivity contribution in [2.75, 3.05) is 11.9 Å². The average molecular weight is 305 g/mol. The van der Waals surface area contributed by atoms with Gasteiger partial charge in [-0.2, -0.15) is 0 Å². The van der Waals surface area contributed by atoms with Crippen LogP contribution in [0.4, 0.5) is 5.13 Å². The van der Waals surface area contributed by atoms with E-state index < -0.39 is 0 Å². The Bertz CT molecular complexity index is 557. The molecule has 1 N–H and O–H groups in total. The highest BCUT2D eigenvalue weighted by Gasteiger charge is 2.08. The van der Waals surface area contributed by atoms with E-state index in [0.717, 1.165) is 23.6 Å². The molecule has 6 heteroatoms. The van der Waals surface area contributed by atoms with Crippen LogP contribution in [0.15, 0.2) is 30.3 Å². The number of carbonyl (C=O) groups excluding carboxylic acids is 1. The lowest BCUT2D eigenvalue weighted by molar-refractivity contribution is -0.116. The van der Waals surface area contributed by atoms with Crippen molar-refractivity contribution in [2.45, 2.75) is 32.6 Å². The fourth-order valence-electron chi connectivity index (χ4n) is 1.70. The highest BCUT2D eigenvalue weighted by molar-refractivity contribution is 7.15. The third-order valence-corrected chi connectivity index (χ3v) is 3.70. The molecule has 112 valence electrons. The fourth-order valence-corrected chi connectivity index (χ4v) is 2.43. The molecule has 0 saturated heterocycles. The number of ether oxygens (including phenoxy) is 1. The molecule has 0 fully saturated rings. The number of carbonyl (C=O) groups is 1. The second-order valence-electron chi connectivity index (χ2n) is 4.56. The summed E-state index contributed by atoms with van der Waals surface area (Å²) in [5, 5.41) is 12.2. The van der Waals surface area contributed by atoms with Gasteiger partial charge >= 0.3 is 0 Å². The molecule has 0 atom stereocenters. The molecule has 2 aromatic rings. The van der Waals surface area contributed by atoms with Crippen LogP contribution < -0.4 is 10.1 Å². The lowest BCUT2D eigenvalue weighted by Crippen LogP contribution is -2.10. The van der Waals surface area contributed by atoms with Crippen LogP contribution in [0.25, 0.3) is 0 Å². The third-order valence-electron chi connectivity index (χ3n) is 2.80. The molecule has 1 amide bonds. The van der Waals surface area contributed by atoms with Crippen LogP contribution >= 0.6 is 11.3 Å². The fraction of sp³-hybridized carbons (Fsp3) is 0.400. The maximum atomic E-state index is 11.6. The van der Waals surface area contributed by atoms with Crippen LogP contribution in [0.2, 0.25) is 0 Å². The van der Waals surface area contributed by atoms with Crippen LogP contribution in [0.1, 0.15) is 31.2 Å². The van der Waals surface area contributed by atoms with Gasteiger partial charge in [0.1, 0.15) is 10.8 Å². The number of hydrogen-bond donors (Lipinski definition) is 1. The van der Waals surface area contributed by atoms with Gasteiger partial charge in [0.15, 0.2) is 0 Å². The van der Waals surface area contributed by atoms with Gasteiger partial charge in [-0.3, -0.25) is 4.79 Å². The lowest BCUT2D eigenvalue weighted by atomic mass is 10.2. The summed E-state index contributed by atoms with van der Waals surface area (Å²) in [4.78, 5) is 11.6. The molecule has 0 aliphatic carbocycles. The van der Waals surface area contributed by atoms with Crippen LogP contribution in [0.5, 0.6) is 5.75 Å². The van der Waals surface area contributed by atoms with E-state index in [2.05, 4.69) is 22.4 Å². The number of nitrogens with one attached hydrogen (secondary N) is 1. The van der Waals surface area contributed by atoms with Gasteiger partial charge in [-0.15, -0.1) is 10.2 Å². The summed E-state index contributed by atoms with van der Waals surface area (Å²) < 4.78 is 5.60. The molecule has 1 heterocycles. The average Bonchev–Trinajstić information content (AvgIpc) is 2.93. The SMILES string of the molecule is CCCCC(=O)Nc1nnc(CCOc2ccccc2)s1. The van der Waals surface area contributed by atoms with Gasteiger partial charge < -0.3 is 10.1 Å². The standard InChI is InChI=1S/C15H19N3O2S/c1-2-3-9-13(19)16-15-18-17-14(21-15)10-11-20-12-7-5-4-6-8-12/h4-8H,2-3,9-11H2,1H3,(H,16,18,19). The molecular formula is C15H19N3O2S. The molecule has 0 saturated carbocycles. The molecule has 0 spiro atoms. The van der Waals surface area contributed by atoms with E-state index in [1.807, 2.05) is 30.3 Å². The molecule has 0 unspecified atom stereocenters. The van der Waals surface area contributed by atoms with Gasteiger partial charge in [0.2, 0.25) is 11.0 Å². The minimum Gasteiger partial charge on any atom is -0.493 e. The number of hydrogen-bond acceptors (Lipinski definition) is 5. The Morgan fingerprint density at radius 2 is 2.10 bits per heavy atom. The lowest BCUT2D eigenvalue weighted by Gasteiger charge is -2.03. The molecular weight excluding hydrogens is 286 g/mol. The van der Waals surface area contributed by atoms with E-state index >= 15 is 0 Å². The maximum Gasteiger partial charge on any atom is 0.226 e. The Kier molecular flexibility index (Phi) is 6.15. The van der Waals surface area contributed by atoms with E-state index in [0.29, 0.717) is 24.6 Å². The van der Waals surface area contributed by atoms with E-state index in [9.17, 15) is 4.79 Å². The highest BCUT2D eigenvalue weighted by Crippen LogP contribution is 2.17. The first-order valence-corrected chi connectivity index (χ1v) is 7.89. The van der Waals surface area contributed by atoms with Crippen molar-refractivity contribution >= 4 is 22.4 Å². The van der Waals surface area contributed by atoms with Crippen LogP contribution in [0.3, 0.4) is 0 Å². The van der Waals surface area contributed by atoms with Gasteiger partial charge in [-0.05, 0) is 18.6 Å². The van der Waals surface area contributed by atoms with Gasteiger partial charge in [-0.25, -0.2) is 0 Å². The quantitative estimate of drug-likeness (QED) is 0.813. The summed E-state index contributed by atoms with van der Waals surface area (Å²) in [7, 11) is 0. The van der Waals surface area contributed by atoms with Gasteiger partial charge in [-0.1, -0.05) is 42.9 Å². The Morgan fingerprint density at radius 3 is 2.86 bits per heavy atom. The van der Waals surface area contributed by atoms with Crippen molar-refractivity contribution in [3.63, 3.8) is 0 Å². The second kappa shape index (κ2) is 8.36. The topological polar surface area (TPSA) is 64.1 Å². The summed E-state index contributed by atoms with van der Waals surface area (Å²) in [5.41, 5.74) is 0. The summed E-state index contributed by atoms with van der Waals surface area (Å²) >= 11 is 1.40.